The maximum atomic E-state index is 12.6. The number of amides is 1. The van der Waals surface area contributed by atoms with E-state index >= 15 is 0 Å². The Balaban J connectivity index is 1.52. The predicted octanol–water partition coefficient (Wildman–Crippen LogP) is 1.74. The van der Waals surface area contributed by atoms with Gasteiger partial charge in [-0.25, -0.2) is 0 Å². The molecule has 2 heterocycles. The van der Waals surface area contributed by atoms with Crippen LogP contribution in [0.25, 0.3) is 0 Å². The molecule has 1 aromatic rings. The summed E-state index contributed by atoms with van der Waals surface area (Å²) in [5, 5.41) is 12.5. The van der Waals surface area contributed by atoms with Crippen LogP contribution < -0.4 is 14.8 Å². The highest BCUT2D eigenvalue weighted by molar-refractivity contribution is 5.94. The third-order valence-corrected chi connectivity index (χ3v) is 6.03. The second-order valence-electron chi connectivity index (χ2n) is 8.11. The number of methoxy groups -OCH3 is 1. The molecule has 0 unspecified atom stereocenters. The van der Waals surface area contributed by atoms with Crippen molar-refractivity contribution in [2.75, 3.05) is 53.5 Å². The summed E-state index contributed by atoms with van der Waals surface area (Å²) in [6, 6.07) is 5.59. The van der Waals surface area contributed by atoms with E-state index in [2.05, 4.69) is 22.2 Å². The summed E-state index contributed by atoms with van der Waals surface area (Å²) >= 11 is 0. The van der Waals surface area contributed by atoms with Crippen LogP contribution in [0.3, 0.4) is 0 Å². The van der Waals surface area contributed by atoms with Crippen LogP contribution in [0.15, 0.2) is 18.2 Å². The third kappa shape index (κ3) is 6.07. The van der Waals surface area contributed by atoms with Gasteiger partial charge in [-0.05, 0) is 57.5 Å². The number of benzene rings is 1. The number of ether oxygens (including phenoxy) is 2. The quantitative estimate of drug-likeness (QED) is 0.686. The van der Waals surface area contributed by atoms with Crippen LogP contribution in [0.2, 0.25) is 0 Å². The molecule has 162 valence electrons. The number of carbonyl (C=O) groups is 1. The summed E-state index contributed by atoms with van der Waals surface area (Å²) in [6.45, 7) is 4.54. The molecule has 0 aliphatic carbocycles. The third-order valence-electron chi connectivity index (χ3n) is 6.03. The molecule has 0 radical (unpaired) electrons. The zero-order chi connectivity index (χ0) is 20.6. The number of hydrogen-bond acceptors (Lipinski definition) is 6. The first kappa shape index (κ1) is 21.9. The van der Waals surface area contributed by atoms with Crippen LogP contribution in [0.4, 0.5) is 0 Å². The summed E-state index contributed by atoms with van der Waals surface area (Å²) in [4.78, 5) is 17.1. The number of aliphatic hydroxyl groups excluding tert-OH is 1. The molecule has 2 N–H and O–H groups in total. The van der Waals surface area contributed by atoms with E-state index in [0.717, 1.165) is 51.9 Å². The Morgan fingerprint density at radius 1 is 1.17 bits per heavy atom. The Kier molecular flexibility index (Phi) is 8.15. The first-order valence-electron chi connectivity index (χ1n) is 10.8. The number of nitrogens with one attached hydrogen (secondary N) is 1. The topological polar surface area (TPSA) is 74.3 Å². The Bertz CT molecular complexity index is 661. The largest absolute Gasteiger partial charge is 0.493 e. The molecule has 1 atom stereocenters. The number of rotatable bonds is 8. The lowest BCUT2D eigenvalue weighted by Gasteiger charge is -2.34. The molecule has 0 aromatic heterocycles. The van der Waals surface area contributed by atoms with Crippen molar-refractivity contribution >= 4 is 5.91 Å². The van der Waals surface area contributed by atoms with Crippen molar-refractivity contribution < 1.29 is 19.4 Å². The van der Waals surface area contributed by atoms with Crippen molar-refractivity contribution in [2.24, 2.45) is 0 Å². The highest BCUT2D eigenvalue weighted by Gasteiger charge is 2.22. The van der Waals surface area contributed by atoms with Gasteiger partial charge in [-0.3, -0.25) is 9.69 Å². The van der Waals surface area contributed by atoms with Crippen LogP contribution in [-0.2, 0) is 0 Å². The molecule has 29 heavy (non-hydrogen) atoms. The smallest absolute Gasteiger partial charge is 0.251 e. The van der Waals surface area contributed by atoms with E-state index in [9.17, 15) is 9.90 Å². The Hall–Kier alpha value is -1.83. The Morgan fingerprint density at radius 3 is 2.69 bits per heavy atom. The SMILES string of the molecule is COc1cc(C(=O)NCCN2CCCC[C@@H]2CO)ccc1OC1CCN(C)CC1. The second kappa shape index (κ2) is 10.8. The van der Waals surface area contributed by atoms with E-state index in [1.54, 1.807) is 19.2 Å². The van der Waals surface area contributed by atoms with Crippen LogP contribution in [0.5, 0.6) is 11.5 Å². The van der Waals surface area contributed by atoms with E-state index in [0.29, 0.717) is 23.6 Å². The molecule has 3 rings (SSSR count). The minimum atomic E-state index is -0.119. The normalized spacial score (nSPS) is 21.7. The molecular weight excluding hydrogens is 370 g/mol. The minimum absolute atomic E-state index is 0.119. The molecule has 1 amide bonds. The summed E-state index contributed by atoms with van der Waals surface area (Å²) < 4.78 is 11.6. The average molecular weight is 406 g/mol. The monoisotopic (exact) mass is 405 g/mol. The molecule has 7 heteroatoms. The zero-order valence-corrected chi connectivity index (χ0v) is 17.7. The van der Waals surface area contributed by atoms with E-state index < -0.39 is 0 Å². The van der Waals surface area contributed by atoms with Crippen molar-refractivity contribution in [2.45, 2.75) is 44.2 Å². The number of piperidine rings is 2. The highest BCUT2D eigenvalue weighted by atomic mass is 16.5. The fourth-order valence-corrected chi connectivity index (χ4v) is 4.16. The van der Waals surface area contributed by atoms with E-state index in [-0.39, 0.29) is 24.7 Å². The molecular formula is C22H35N3O4. The highest BCUT2D eigenvalue weighted by Crippen LogP contribution is 2.30. The maximum absolute atomic E-state index is 12.6. The summed E-state index contributed by atoms with van der Waals surface area (Å²) in [5.41, 5.74) is 0.565. The Morgan fingerprint density at radius 2 is 1.97 bits per heavy atom. The lowest BCUT2D eigenvalue weighted by molar-refractivity contribution is 0.0849. The molecule has 1 aromatic carbocycles. The number of aliphatic hydroxyl groups is 1. The van der Waals surface area contributed by atoms with E-state index in [1.165, 1.54) is 6.42 Å². The van der Waals surface area contributed by atoms with Gasteiger partial charge in [-0.15, -0.1) is 0 Å². The molecule has 2 fully saturated rings. The first-order chi connectivity index (χ1) is 14.1. The van der Waals surface area contributed by atoms with Gasteiger partial charge in [0.2, 0.25) is 0 Å². The van der Waals surface area contributed by atoms with Gasteiger partial charge in [-0.2, -0.15) is 0 Å². The van der Waals surface area contributed by atoms with Crippen LogP contribution in [0, 0.1) is 0 Å². The number of carbonyl (C=O) groups excluding carboxylic acids is 1. The van der Waals surface area contributed by atoms with Crippen molar-refractivity contribution in [3.05, 3.63) is 23.8 Å². The van der Waals surface area contributed by atoms with Crippen molar-refractivity contribution in [3.8, 4) is 11.5 Å². The standard InChI is InChI=1S/C22H35N3O4/c1-24-12-8-19(9-13-24)29-20-7-6-17(15-21(20)28-2)22(27)23-10-14-25-11-4-3-5-18(25)16-26/h6-7,15,18-19,26H,3-5,8-14,16H2,1-2H3,(H,23,27)/t18-/m1/s1. The summed E-state index contributed by atoms with van der Waals surface area (Å²) in [7, 11) is 3.73. The molecule has 2 saturated heterocycles. The number of nitrogens with zero attached hydrogens (tertiary/aromatic N) is 2. The van der Waals surface area contributed by atoms with Gasteiger partial charge in [0.15, 0.2) is 11.5 Å². The van der Waals surface area contributed by atoms with Crippen LogP contribution in [0.1, 0.15) is 42.5 Å². The molecule has 0 saturated carbocycles. The van der Waals surface area contributed by atoms with Crippen molar-refractivity contribution in [1.29, 1.82) is 0 Å². The summed E-state index contributed by atoms with van der Waals surface area (Å²) in [6.07, 6.45) is 5.52. The molecule has 2 aliphatic heterocycles. The van der Waals surface area contributed by atoms with Gasteiger partial charge in [-0.1, -0.05) is 6.42 Å². The molecule has 0 bridgehead atoms. The number of likely N-dealkylation sites (tertiary alicyclic amines) is 2. The zero-order valence-electron chi connectivity index (χ0n) is 17.7. The predicted molar refractivity (Wildman–Crippen MR) is 113 cm³/mol. The van der Waals surface area contributed by atoms with Gasteiger partial charge < -0.3 is 24.8 Å². The van der Waals surface area contributed by atoms with Crippen molar-refractivity contribution in [1.82, 2.24) is 15.1 Å². The van der Waals surface area contributed by atoms with Gasteiger partial charge >= 0.3 is 0 Å². The minimum Gasteiger partial charge on any atom is -0.493 e. The van der Waals surface area contributed by atoms with Gasteiger partial charge in [0, 0.05) is 37.8 Å². The Labute approximate surface area is 174 Å². The van der Waals surface area contributed by atoms with E-state index in [4.69, 9.17) is 9.47 Å². The van der Waals surface area contributed by atoms with Gasteiger partial charge in [0.1, 0.15) is 6.10 Å². The lowest BCUT2D eigenvalue weighted by atomic mass is 10.0. The van der Waals surface area contributed by atoms with Gasteiger partial charge in [0.05, 0.1) is 13.7 Å². The first-order valence-corrected chi connectivity index (χ1v) is 10.8. The molecule has 2 aliphatic rings. The molecule has 7 nitrogen and oxygen atoms in total. The fraction of sp³-hybridized carbons (Fsp3) is 0.682. The molecule has 0 spiro atoms. The summed E-state index contributed by atoms with van der Waals surface area (Å²) in [5.74, 6) is 1.16. The fourth-order valence-electron chi connectivity index (χ4n) is 4.16. The van der Waals surface area contributed by atoms with Crippen LogP contribution in [-0.4, -0.2) is 86.4 Å². The number of hydrogen-bond donors (Lipinski definition) is 2. The average Bonchev–Trinajstić information content (AvgIpc) is 2.75. The van der Waals surface area contributed by atoms with E-state index in [1.807, 2.05) is 6.07 Å². The second-order valence-corrected chi connectivity index (χ2v) is 8.11. The van der Waals surface area contributed by atoms with Gasteiger partial charge in [0.25, 0.3) is 5.91 Å². The van der Waals surface area contributed by atoms with Crippen LogP contribution >= 0.6 is 0 Å². The van der Waals surface area contributed by atoms with Crippen molar-refractivity contribution in [3.63, 3.8) is 0 Å². The lowest BCUT2D eigenvalue weighted by Crippen LogP contribution is -2.45. The maximum Gasteiger partial charge on any atom is 0.251 e.